The first-order chi connectivity index (χ1) is 14.6. The maximum atomic E-state index is 13.4. The molecule has 166 valence electrons. The monoisotopic (exact) mass is 490 g/mol. The van der Waals surface area contributed by atoms with Crippen LogP contribution in [-0.4, -0.2) is 52.7 Å². The molecule has 2 aliphatic heterocycles. The van der Waals surface area contributed by atoms with E-state index in [0.717, 1.165) is 60.4 Å². The SMILES string of the molecule is CC(C)(C)OC(=O)N1CC2(CCN(c3ncncc3Cc3ccc(F)cc3Br)CC2)C1. The molecule has 2 saturated heterocycles. The first-order valence-electron chi connectivity index (χ1n) is 10.6. The van der Waals surface area contributed by atoms with Crippen LogP contribution in [0, 0.1) is 11.2 Å². The summed E-state index contributed by atoms with van der Waals surface area (Å²) in [4.78, 5) is 25.2. The number of amides is 1. The van der Waals surface area contributed by atoms with Crippen molar-refractivity contribution in [3.8, 4) is 0 Å². The van der Waals surface area contributed by atoms with Crippen molar-refractivity contribution in [3.05, 3.63) is 52.1 Å². The normalized spacial score (nSPS) is 18.1. The molecule has 1 aromatic heterocycles. The number of anilines is 1. The number of ether oxygens (including phenoxy) is 1. The molecule has 2 fully saturated rings. The Labute approximate surface area is 190 Å². The lowest BCUT2D eigenvalue weighted by Crippen LogP contribution is -2.62. The van der Waals surface area contributed by atoms with Crippen LogP contribution in [-0.2, 0) is 11.2 Å². The van der Waals surface area contributed by atoms with Gasteiger partial charge in [0, 0.05) is 54.2 Å². The zero-order valence-corrected chi connectivity index (χ0v) is 19.8. The van der Waals surface area contributed by atoms with Crippen LogP contribution < -0.4 is 4.90 Å². The highest BCUT2D eigenvalue weighted by atomic mass is 79.9. The predicted molar refractivity (Wildman–Crippen MR) is 121 cm³/mol. The Bertz CT molecular complexity index is 962. The Kier molecular flexibility index (Phi) is 5.94. The number of piperidine rings is 1. The van der Waals surface area contributed by atoms with Crippen molar-refractivity contribution in [2.75, 3.05) is 31.1 Å². The van der Waals surface area contributed by atoms with Crippen molar-refractivity contribution < 1.29 is 13.9 Å². The largest absolute Gasteiger partial charge is 0.444 e. The number of rotatable bonds is 3. The number of likely N-dealkylation sites (tertiary alicyclic amines) is 1. The summed E-state index contributed by atoms with van der Waals surface area (Å²) in [6.45, 7) is 8.96. The molecule has 0 N–H and O–H groups in total. The van der Waals surface area contributed by atoms with Gasteiger partial charge in [-0.25, -0.2) is 19.2 Å². The van der Waals surface area contributed by atoms with Crippen LogP contribution in [0.3, 0.4) is 0 Å². The molecule has 0 bridgehead atoms. The molecule has 0 aliphatic carbocycles. The number of aromatic nitrogens is 2. The number of hydrogen-bond acceptors (Lipinski definition) is 5. The van der Waals surface area contributed by atoms with Gasteiger partial charge in [0.25, 0.3) is 0 Å². The second-order valence-corrected chi connectivity index (χ2v) is 10.5. The van der Waals surface area contributed by atoms with E-state index < -0.39 is 5.60 Å². The van der Waals surface area contributed by atoms with Gasteiger partial charge in [-0.2, -0.15) is 0 Å². The molecule has 1 aromatic carbocycles. The average Bonchev–Trinajstić information content (AvgIpc) is 2.67. The number of carbonyl (C=O) groups is 1. The van der Waals surface area contributed by atoms with Gasteiger partial charge < -0.3 is 14.5 Å². The number of benzene rings is 1. The molecule has 0 unspecified atom stereocenters. The molecule has 1 spiro atoms. The van der Waals surface area contributed by atoms with Gasteiger partial charge in [0.2, 0.25) is 0 Å². The Morgan fingerprint density at radius 1 is 1.23 bits per heavy atom. The fourth-order valence-corrected chi connectivity index (χ4v) is 4.85. The van der Waals surface area contributed by atoms with E-state index in [4.69, 9.17) is 4.74 Å². The van der Waals surface area contributed by atoms with E-state index in [1.165, 1.54) is 12.1 Å². The summed E-state index contributed by atoms with van der Waals surface area (Å²) in [6, 6.07) is 4.75. The van der Waals surface area contributed by atoms with Crippen LogP contribution in [0.4, 0.5) is 15.0 Å². The highest BCUT2D eigenvalue weighted by molar-refractivity contribution is 9.10. The zero-order valence-electron chi connectivity index (χ0n) is 18.2. The molecule has 2 aliphatic rings. The maximum Gasteiger partial charge on any atom is 0.410 e. The van der Waals surface area contributed by atoms with Gasteiger partial charge in [-0.15, -0.1) is 0 Å². The van der Waals surface area contributed by atoms with Crippen molar-refractivity contribution in [3.63, 3.8) is 0 Å². The Balaban J connectivity index is 1.38. The van der Waals surface area contributed by atoms with Crippen LogP contribution in [0.5, 0.6) is 0 Å². The minimum Gasteiger partial charge on any atom is -0.444 e. The molecule has 0 radical (unpaired) electrons. The van der Waals surface area contributed by atoms with Gasteiger partial charge in [-0.3, -0.25) is 0 Å². The van der Waals surface area contributed by atoms with E-state index >= 15 is 0 Å². The number of carbonyl (C=O) groups excluding carboxylic acids is 1. The second-order valence-electron chi connectivity index (χ2n) is 9.61. The molecule has 0 atom stereocenters. The Hall–Kier alpha value is -2.22. The Morgan fingerprint density at radius 2 is 1.94 bits per heavy atom. The van der Waals surface area contributed by atoms with Crippen LogP contribution in [0.2, 0.25) is 0 Å². The van der Waals surface area contributed by atoms with Gasteiger partial charge >= 0.3 is 6.09 Å². The summed E-state index contributed by atoms with van der Waals surface area (Å²) in [7, 11) is 0. The van der Waals surface area contributed by atoms with E-state index in [2.05, 4.69) is 30.8 Å². The molecular formula is C23H28BrFN4O2. The van der Waals surface area contributed by atoms with Gasteiger partial charge in [0.15, 0.2) is 0 Å². The predicted octanol–water partition coefficient (Wildman–Crippen LogP) is 4.81. The Morgan fingerprint density at radius 3 is 2.58 bits per heavy atom. The van der Waals surface area contributed by atoms with E-state index in [1.54, 1.807) is 12.4 Å². The van der Waals surface area contributed by atoms with Crippen molar-refractivity contribution in [2.24, 2.45) is 5.41 Å². The summed E-state index contributed by atoms with van der Waals surface area (Å²) in [5, 5.41) is 0. The summed E-state index contributed by atoms with van der Waals surface area (Å²) in [6.07, 6.45) is 5.85. The molecule has 3 heterocycles. The summed E-state index contributed by atoms with van der Waals surface area (Å²) in [5.41, 5.74) is 1.74. The number of nitrogens with zero attached hydrogens (tertiary/aromatic N) is 4. The molecule has 31 heavy (non-hydrogen) atoms. The second kappa shape index (κ2) is 8.37. The van der Waals surface area contributed by atoms with Crippen molar-refractivity contribution in [1.29, 1.82) is 0 Å². The number of hydrogen-bond donors (Lipinski definition) is 0. The molecule has 1 amide bonds. The first kappa shape index (κ1) is 22.0. The lowest BCUT2D eigenvalue weighted by Gasteiger charge is -2.53. The maximum absolute atomic E-state index is 13.4. The molecule has 4 rings (SSSR count). The van der Waals surface area contributed by atoms with Gasteiger partial charge in [-0.05, 0) is 51.3 Å². The van der Waals surface area contributed by atoms with E-state index in [1.807, 2.05) is 31.9 Å². The molecule has 6 nitrogen and oxygen atoms in total. The minimum atomic E-state index is -0.466. The van der Waals surface area contributed by atoms with Gasteiger partial charge in [-0.1, -0.05) is 22.0 Å². The van der Waals surface area contributed by atoms with Crippen molar-refractivity contribution >= 4 is 27.8 Å². The van der Waals surface area contributed by atoms with Crippen LogP contribution in [0.1, 0.15) is 44.7 Å². The quantitative estimate of drug-likeness (QED) is 0.617. The fraction of sp³-hybridized carbons (Fsp3) is 0.522. The third-order valence-electron chi connectivity index (χ3n) is 5.99. The van der Waals surface area contributed by atoms with E-state index in [9.17, 15) is 9.18 Å². The minimum absolute atomic E-state index is 0.181. The lowest BCUT2D eigenvalue weighted by molar-refractivity contribution is -0.0434. The van der Waals surface area contributed by atoms with Crippen molar-refractivity contribution in [2.45, 2.75) is 45.6 Å². The molecule has 8 heteroatoms. The third kappa shape index (κ3) is 5.00. The van der Waals surface area contributed by atoms with Gasteiger partial charge in [0.05, 0.1) is 0 Å². The van der Waals surface area contributed by atoms with Gasteiger partial charge in [0.1, 0.15) is 23.6 Å². The third-order valence-corrected chi connectivity index (χ3v) is 6.73. The smallest absolute Gasteiger partial charge is 0.410 e. The highest BCUT2D eigenvalue weighted by Gasteiger charge is 2.48. The highest BCUT2D eigenvalue weighted by Crippen LogP contribution is 2.42. The lowest BCUT2D eigenvalue weighted by atomic mass is 9.72. The van der Waals surface area contributed by atoms with Crippen LogP contribution in [0.15, 0.2) is 35.2 Å². The number of halogens is 2. The van der Waals surface area contributed by atoms with Crippen LogP contribution >= 0.6 is 15.9 Å². The molecular weight excluding hydrogens is 463 g/mol. The standard InChI is InChI=1S/C23H28BrFN4O2/c1-22(2,3)31-21(30)29-13-23(14-29)6-8-28(9-7-23)20-17(12-26-15-27-20)10-16-4-5-18(25)11-19(16)24/h4-5,11-12,15H,6-10,13-14H2,1-3H3. The fourth-order valence-electron chi connectivity index (χ4n) is 4.36. The van der Waals surface area contributed by atoms with E-state index in [-0.39, 0.29) is 17.3 Å². The molecule has 2 aromatic rings. The average molecular weight is 491 g/mol. The topological polar surface area (TPSA) is 58.6 Å². The summed E-state index contributed by atoms with van der Waals surface area (Å²) >= 11 is 3.46. The summed E-state index contributed by atoms with van der Waals surface area (Å²) < 4.78 is 19.7. The zero-order chi connectivity index (χ0) is 22.2. The van der Waals surface area contributed by atoms with E-state index in [0.29, 0.717) is 6.42 Å². The summed E-state index contributed by atoms with van der Waals surface area (Å²) in [5.74, 6) is 0.673. The van der Waals surface area contributed by atoms with Crippen LogP contribution in [0.25, 0.3) is 0 Å². The van der Waals surface area contributed by atoms with Crippen molar-refractivity contribution in [1.82, 2.24) is 14.9 Å². The molecule has 0 saturated carbocycles. The first-order valence-corrected chi connectivity index (χ1v) is 11.4.